The van der Waals surface area contributed by atoms with Gasteiger partial charge in [-0.1, -0.05) is 38.5 Å². The highest BCUT2D eigenvalue weighted by Gasteiger charge is 2.30. The number of amides is 6. The Labute approximate surface area is 320 Å². The lowest BCUT2D eigenvalue weighted by Gasteiger charge is -2.28. The van der Waals surface area contributed by atoms with Crippen LogP contribution in [-0.4, -0.2) is 126 Å². The van der Waals surface area contributed by atoms with Gasteiger partial charge in [0.25, 0.3) is 5.91 Å². The van der Waals surface area contributed by atoms with Crippen molar-refractivity contribution in [1.82, 2.24) is 40.6 Å². The van der Waals surface area contributed by atoms with Gasteiger partial charge >= 0.3 is 0 Å². The van der Waals surface area contributed by atoms with Crippen LogP contribution in [0.1, 0.15) is 80.0 Å². The third-order valence-electron chi connectivity index (χ3n) is 9.31. The molecular weight excluding hydrogens is 713 g/mol. The van der Waals surface area contributed by atoms with Crippen molar-refractivity contribution in [3.8, 4) is 0 Å². The molecule has 0 radical (unpaired) electrons. The Morgan fingerprint density at radius 1 is 0.926 bits per heavy atom. The summed E-state index contributed by atoms with van der Waals surface area (Å²) in [7, 11) is 4.66. The SMILES string of the molecule is COCCCCCC(=O)N1CCN(C)C(=O)[C@H](C)NC(=O)CN(C)C(=O)[C@@H](Cc2c[nH]c3ccccc23)NC(=O)c2csc(n2)[C@H](CC(C)C)NC(=O)C1. The minimum absolute atomic E-state index is 0.0849. The van der Waals surface area contributed by atoms with Gasteiger partial charge in [0.05, 0.1) is 19.1 Å². The maximum atomic E-state index is 13.9. The first kappa shape index (κ1) is 41.9. The van der Waals surface area contributed by atoms with Crippen LogP contribution in [0.2, 0.25) is 0 Å². The number of methoxy groups -OCH3 is 1. The molecule has 3 atom stereocenters. The van der Waals surface area contributed by atoms with Crippen molar-refractivity contribution in [2.24, 2.45) is 5.92 Å². The van der Waals surface area contributed by atoms with Crippen LogP contribution in [0.5, 0.6) is 0 Å². The zero-order valence-electron chi connectivity index (χ0n) is 32.1. The van der Waals surface area contributed by atoms with Crippen LogP contribution in [0.25, 0.3) is 10.9 Å². The van der Waals surface area contributed by atoms with Crippen LogP contribution < -0.4 is 16.0 Å². The van der Waals surface area contributed by atoms with Crippen LogP contribution in [0, 0.1) is 5.92 Å². The Hall–Kier alpha value is -4.83. The van der Waals surface area contributed by atoms with Gasteiger partial charge in [-0.3, -0.25) is 28.8 Å². The second-order valence-corrected chi connectivity index (χ2v) is 15.2. The van der Waals surface area contributed by atoms with Gasteiger partial charge in [0, 0.05) is 76.2 Å². The van der Waals surface area contributed by atoms with Gasteiger partial charge in [-0.15, -0.1) is 11.3 Å². The molecule has 0 fully saturated rings. The molecule has 3 heterocycles. The number of carbonyl (C=O) groups excluding carboxylic acids is 6. The van der Waals surface area contributed by atoms with E-state index < -0.39 is 47.7 Å². The van der Waals surface area contributed by atoms with Gasteiger partial charge in [0.2, 0.25) is 29.5 Å². The van der Waals surface area contributed by atoms with Crippen molar-refractivity contribution in [1.29, 1.82) is 0 Å². The first-order valence-electron chi connectivity index (χ1n) is 18.4. The standard InChI is InChI=1S/C38H54N8O7S/c1-24(2)18-29-36-43-31(23-54-36)35(50)42-30(19-26-20-39-28-13-10-9-12-27(26)28)38(52)45(5)21-32(47)40-25(3)37(51)44(4)15-16-46(22-33(48)41-29)34(49)14-8-7-11-17-53-6/h9-10,12-13,20,23-25,29-30,39H,7-8,11,14-19,21-22H2,1-6H3,(H,40,47)(H,41,48)(H,42,50)/t25-,29-,30+/m0/s1. The maximum absolute atomic E-state index is 13.9. The lowest BCUT2D eigenvalue weighted by molar-refractivity contribution is -0.139. The predicted molar refractivity (Wildman–Crippen MR) is 206 cm³/mol. The number of unbranched alkanes of at least 4 members (excludes halogenated alkanes) is 2. The fourth-order valence-electron chi connectivity index (χ4n) is 6.38. The Morgan fingerprint density at radius 3 is 2.41 bits per heavy atom. The Kier molecular flexibility index (Phi) is 15.5. The van der Waals surface area contributed by atoms with Gasteiger partial charge in [0.15, 0.2) is 0 Å². The summed E-state index contributed by atoms with van der Waals surface area (Å²) in [4.78, 5) is 93.0. The van der Waals surface area contributed by atoms with Gasteiger partial charge in [-0.2, -0.15) is 0 Å². The zero-order chi connectivity index (χ0) is 39.4. The number of para-hydroxylation sites is 1. The lowest BCUT2D eigenvalue weighted by atomic mass is 10.0. The summed E-state index contributed by atoms with van der Waals surface area (Å²) >= 11 is 1.22. The number of aromatic nitrogens is 2. The van der Waals surface area contributed by atoms with Crippen molar-refractivity contribution >= 4 is 57.7 Å². The van der Waals surface area contributed by atoms with Gasteiger partial charge < -0.3 is 40.4 Å². The normalized spacial score (nSPS) is 20.2. The molecule has 6 amide bonds. The summed E-state index contributed by atoms with van der Waals surface area (Å²) in [6.45, 7) is 5.78. The molecule has 2 bridgehead atoms. The summed E-state index contributed by atoms with van der Waals surface area (Å²) in [5.74, 6) is -2.52. The van der Waals surface area contributed by atoms with E-state index >= 15 is 0 Å². The third-order valence-corrected chi connectivity index (χ3v) is 10.3. The van der Waals surface area contributed by atoms with Crippen LogP contribution >= 0.6 is 11.3 Å². The van der Waals surface area contributed by atoms with Crippen molar-refractivity contribution in [2.45, 2.75) is 77.4 Å². The molecule has 2 aromatic heterocycles. The van der Waals surface area contributed by atoms with Gasteiger partial charge in [-0.05, 0) is 43.7 Å². The number of fused-ring (bicyclic) bond motifs is 3. The summed E-state index contributed by atoms with van der Waals surface area (Å²) in [6, 6.07) is 5.07. The maximum Gasteiger partial charge on any atom is 0.271 e. The van der Waals surface area contributed by atoms with Crippen molar-refractivity contribution in [3.63, 3.8) is 0 Å². The molecule has 4 rings (SSSR count). The number of hydrogen-bond donors (Lipinski definition) is 4. The molecule has 4 N–H and O–H groups in total. The van der Waals surface area contributed by atoms with Crippen LogP contribution in [0.4, 0.5) is 0 Å². The number of nitrogens with one attached hydrogen (secondary N) is 4. The van der Waals surface area contributed by atoms with E-state index in [9.17, 15) is 28.8 Å². The monoisotopic (exact) mass is 766 g/mol. The first-order chi connectivity index (χ1) is 25.8. The molecule has 15 nitrogen and oxygen atoms in total. The van der Waals surface area contributed by atoms with E-state index in [2.05, 4.69) is 25.9 Å². The Bertz CT molecular complexity index is 1770. The average molecular weight is 767 g/mol. The fraction of sp³-hybridized carbons (Fsp3) is 0.553. The van der Waals surface area contributed by atoms with Crippen LogP contribution in [0.15, 0.2) is 35.8 Å². The number of nitrogens with zero attached hydrogens (tertiary/aromatic N) is 4. The number of carbonyl (C=O) groups is 6. The number of ether oxygens (including phenoxy) is 1. The molecule has 54 heavy (non-hydrogen) atoms. The molecule has 0 spiro atoms. The second-order valence-electron chi connectivity index (χ2n) is 14.3. The highest BCUT2D eigenvalue weighted by atomic mass is 32.1. The number of hydrogen-bond acceptors (Lipinski definition) is 9. The molecule has 294 valence electrons. The zero-order valence-corrected chi connectivity index (χ0v) is 32.9. The van der Waals surface area contributed by atoms with E-state index in [0.29, 0.717) is 24.5 Å². The Morgan fingerprint density at radius 2 is 1.67 bits per heavy atom. The number of aromatic amines is 1. The number of benzene rings is 1. The second kappa shape index (κ2) is 20.0. The number of H-pyrrole nitrogens is 1. The summed E-state index contributed by atoms with van der Waals surface area (Å²) < 4.78 is 5.11. The average Bonchev–Trinajstić information content (AvgIpc) is 3.79. The highest BCUT2D eigenvalue weighted by Crippen LogP contribution is 2.25. The van der Waals surface area contributed by atoms with Crippen molar-refractivity contribution < 1.29 is 33.5 Å². The minimum atomic E-state index is -1.06. The lowest BCUT2D eigenvalue weighted by Crippen LogP contribution is -2.53. The number of rotatable bonds is 10. The molecule has 0 saturated heterocycles. The summed E-state index contributed by atoms with van der Waals surface area (Å²) in [5.41, 5.74) is 1.76. The third kappa shape index (κ3) is 11.8. The van der Waals surface area contributed by atoms with Crippen LogP contribution in [0.3, 0.4) is 0 Å². The van der Waals surface area contributed by atoms with E-state index in [0.717, 1.165) is 29.3 Å². The van der Waals surface area contributed by atoms with Crippen LogP contribution in [-0.2, 0) is 35.1 Å². The quantitative estimate of drug-likeness (QED) is 0.227. The first-order valence-corrected chi connectivity index (χ1v) is 19.3. The largest absolute Gasteiger partial charge is 0.385 e. The van der Waals surface area contributed by atoms with Gasteiger partial charge in [-0.25, -0.2) is 4.98 Å². The number of thiazole rings is 1. The number of likely N-dealkylation sites (N-methyl/N-ethyl adjacent to an activating group) is 2. The molecule has 1 aromatic carbocycles. The van der Waals surface area contributed by atoms with E-state index in [-0.39, 0.29) is 56.5 Å². The summed E-state index contributed by atoms with van der Waals surface area (Å²) in [5, 5.41) is 11.5. The molecule has 3 aromatic rings. The molecule has 0 unspecified atom stereocenters. The van der Waals surface area contributed by atoms with E-state index in [1.807, 2.05) is 38.1 Å². The smallest absolute Gasteiger partial charge is 0.271 e. The summed E-state index contributed by atoms with van der Waals surface area (Å²) in [6.07, 6.45) is 4.90. The Balaban J connectivity index is 1.64. The topological polar surface area (TPSA) is 186 Å². The molecule has 1 aliphatic heterocycles. The highest BCUT2D eigenvalue weighted by molar-refractivity contribution is 7.09. The predicted octanol–water partition coefficient (Wildman–Crippen LogP) is 2.64. The van der Waals surface area contributed by atoms with E-state index in [1.165, 1.54) is 33.1 Å². The molecular formula is C38H54N8O7S. The van der Waals surface area contributed by atoms with E-state index in [1.54, 1.807) is 32.7 Å². The fourth-order valence-corrected chi connectivity index (χ4v) is 7.24. The molecule has 0 aliphatic carbocycles. The molecule has 0 saturated carbocycles. The van der Waals surface area contributed by atoms with Gasteiger partial charge in [0.1, 0.15) is 22.8 Å². The molecule has 16 heteroatoms. The van der Waals surface area contributed by atoms with Crippen molar-refractivity contribution in [2.75, 3.05) is 54.0 Å². The molecule has 1 aliphatic rings. The minimum Gasteiger partial charge on any atom is -0.385 e. The van der Waals surface area contributed by atoms with E-state index in [4.69, 9.17) is 4.74 Å². The van der Waals surface area contributed by atoms with Crippen molar-refractivity contribution in [3.05, 3.63) is 52.1 Å².